The summed E-state index contributed by atoms with van der Waals surface area (Å²) in [6, 6.07) is 8.74. The van der Waals surface area contributed by atoms with Gasteiger partial charge in [0.25, 0.3) is 0 Å². The van der Waals surface area contributed by atoms with Gasteiger partial charge in [-0.05, 0) is 30.9 Å². The van der Waals surface area contributed by atoms with Crippen LogP contribution in [0.15, 0.2) is 28.7 Å². The summed E-state index contributed by atoms with van der Waals surface area (Å²) in [5.74, 6) is 6.78. The molecule has 0 aromatic heterocycles. The predicted molar refractivity (Wildman–Crippen MR) is 83.7 cm³/mol. The van der Waals surface area contributed by atoms with Gasteiger partial charge < -0.3 is 0 Å². The summed E-state index contributed by atoms with van der Waals surface area (Å²) >= 11 is 5.68. The Morgan fingerprint density at radius 2 is 2.06 bits per heavy atom. The Kier molecular flexibility index (Phi) is 6.02. The Hall–Kier alpha value is -0.0300. The van der Waals surface area contributed by atoms with Crippen molar-refractivity contribution in [3.05, 3.63) is 34.3 Å². The minimum atomic E-state index is 0.356. The molecule has 0 bridgehead atoms. The number of hydrogen-bond acceptors (Lipinski definition) is 3. The Morgan fingerprint density at radius 1 is 1.33 bits per heavy atom. The standard InChI is InChI=1S/C14H21BrN2S/c15-14-8-4-1-5-11(14)9-12(17-16)10-18-13-6-2-3-7-13/h1,4-5,8,12-13,17H,2-3,6-7,9-10,16H2. The third kappa shape index (κ3) is 4.26. The zero-order chi connectivity index (χ0) is 12.8. The maximum atomic E-state index is 5.68. The molecule has 1 fully saturated rings. The lowest BCUT2D eigenvalue weighted by Crippen LogP contribution is -2.39. The molecule has 1 unspecified atom stereocenters. The van der Waals surface area contributed by atoms with E-state index < -0.39 is 0 Å². The topological polar surface area (TPSA) is 38.0 Å². The van der Waals surface area contributed by atoms with E-state index in [4.69, 9.17) is 5.84 Å². The van der Waals surface area contributed by atoms with Crippen LogP contribution in [0.2, 0.25) is 0 Å². The van der Waals surface area contributed by atoms with Crippen LogP contribution >= 0.6 is 27.7 Å². The highest BCUT2D eigenvalue weighted by Crippen LogP contribution is 2.30. The minimum Gasteiger partial charge on any atom is -0.271 e. The van der Waals surface area contributed by atoms with Crippen molar-refractivity contribution in [3.8, 4) is 0 Å². The first-order chi connectivity index (χ1) is 8.79. The molecule has 1 aromatic carbocycles. The molecule has 2 rings (SSSR count). The number of nitrogens with two attached hydrogens (primary N) is 1. The third-order valence-electron chi connectivity index (χ3n) is 3.50. The van der Waals surface area contributed by atoms with Crippen molar-refractivity contribution >= 4 is 27.7 Å². The lowest BCUT2D eigenvalue weighted by Gasteiger charge is -2.18. The predicted octanol–water partition coefficient (Wildman–Crippen LogP) is 3.50. The van der Waals surface area contributed by atoms with Gasteiger partial charge in [-0.1, -0.05) is 47.0 Å². The molecular weight excluding hydrogens is 308 g/mol. The second-order valence-corrected chi connectivity index (χ2v) is 7.09. The monoisotopic (exact) mass is 328 g/mol. The Bertz CT molecular complexity index is 367. The van der Waals surface area contributed by atoms with Crippen molar-refractivity contribution < 1.29 is 0 Å². The van der Waals surface area contributed by atoms with Crippen LogP contribution in [0.3, 0.4) is 0 Å². The van der Waals surface area contributed by atoms with E-state index in [1.165, 1.54) is 35.7 Å². The Labute approximate surface area is 122 Å². The quantitative estimate of drug-likeness (QED) is 0.620. The van der Waals surface area contributed by atoms with Crippen LogP contribution < -0.4 is 11.3 Å². The number of rotatable bonds is 6. The molecule has 1 atom stereocenters. The molecule has 1 aliphatic rings. The fourth-order valence-electron chi connectivity index (χ4n) is 2.40. The van der Waals surface area contributed by atoms with E-state index in [2.05, 4.69) is 51.3 Å². The molecule has 0 spiro atoms. The summed E-state index contributed by atoms with van der Waals surface area (Å²) in [4.78, 5) is 0. The molecule has 100 valence electrons. The van der Waals surface area contributed by atoms with Crippen LogP contribution in [0.4, 0.5) is 0 Å². The van der Waals surface area contributed by atoms with Gasteiger partial charge in [0.15, 0.2) is 0 Å². The van der Waals surface area contributed by atoms with Gasteiger partial charge in [0.1, 0.15) is 0 Å². The van der Waals surface area contributed by atoms with Gasteiger partial charge >= 0.3 is 0 Å². The molecule has 0 saturated heterocycles. The van der Waals surface area contributed by atoms with Crippen LogP contribution in [-0.4, -0.2) is 17.0 Å². The molecule has 0 heterocycles. The largest absolute Gasteiger partial charge is 0.271 e. The second kappa shape index (κ2) is 7.53. The second-order valence-electron chi connectivity index (χ2n) is 4.90. The highest BCUT2D eigenvalue weighted by molar-refractivity contribution is 9.10. The molecule has 18 heavy (non-hydrogen) atoms. The summed E-state index contributed by atoms with van der Waals surface area (Å²) in [6.07, 6.45) is 6.57. The first-order valence-corrected chi connectivity index (χ1v) is 8.45. The summed E-state index contributed by atoms with van der Waals surface area (Å²) in [5.41, 5.74) is 4.29. The minimum absolute atomic E-state index is 0.356. The molecule has 0 amide bonds. The first kappa shape index (κ1) is 14.4. The summed E-state index contributed by atoms with van der Waals surface area (Å²) in [5, 5.41) is 0.861. The van der Waals surface area contributed by atoms with E-state index in [9.17, 15) is 0 Å². The first-order valence-electron chi connectivity index (χ1n) is 6.60. The van der Waals surface area contributed by atoms with Crippen LogP contribution in [0.25, 0.3) is 0 Å². The van der Waals surface area contributed by atoms with Gasteiger partial charge in [-0.25, -0.2) is 0 Å². The van der Waals surface area contributed by atoms with Gasteiger partial charge in [0.05, 0.1) is 0 Å². The van der Waals surface area contributed by atoms with E-state index in [0.717, 1.165) is 17.4 Å². The average Bonchev–Trinajstić information content (AvgIpc) is 2.90. The molecule has 1 saturated carbocycles. The molecule has 0 aliphatic heterocycles. The maximum Gasteiger partial charge on any atom is 0.0341 e. The van der Waals surface area contributed by atoms with Crippen molar-refractivity contribution in [1.82, 2.24) is 5.43 Å². The molecule has 4 heteroatoms. The Morgan fingerprint density at radius 3 is 2.72 bits per heavy atom. The average molecular weight is 329 g/mol. The van der Waals surface area contributed by atoms with Crippen molar-refractivity contribution in [2.45, 2.75) is 43.4 Å². The summed E-state index contributed by atoms with van der Waals surface area (Å²) < 4.78 is 1.18. The van der Waals surface area contributed by atoms with Gasteiger partial charge in [0.2, 0.25) is 0 Å². The smallest absolute Gasteiger partial charge is 0.0341 e. The molecule has 0 radical (unpaired) electrons. The van der Waals surface area contributed by atoms with Gasteiger partial charge in [-0.15, -0.1) is 0 Å². The highest BCUT2D eigenvalue weighted by Gasteiger charge is 2.18. The zero-order valence-corrected chi connectivity index (χ0v) is 13.0. The Balaban J connectivity index is 1.83. The lowest BCUT2D eigenvalue weighted by atomic mass is 10.1. The van der Waals surface area contributed by atoms with Gasteiger partial charge in [-0.2, -0.15) is 11.8 Å². The number of nitrogens with one attached hydrogen (secondary N) is 1. The molecule has 2 nitrogen and oxygen atoms in total. The third-order valence-corrected chi connectivity index (χ3v) is 5.81. The molecule has 1 aromatic rings. The fourth-order valence-corrected chi connectivity index (χ4v) is 4.23. The highest BCUT2D eigenvalue weighted by atomic mass is 79.9. The van der Waals surface area contributed by atoms with E-state index in [1.807, 2.05) is 6.07 Å². The maximum absolute atomic E-state index is 5.68. The number of hydrogen-bond donors (Lipinski definition) is 2. The number of benzene rings is 1. The lowest BCUT2D eigenvalue weighted by molar-refractivity contribution is 0.573. The van der Waals surface area contributed by atoms with Crippen LogP contribution in [0.1, 0.15) is 31.2 Å². The van der Waals surface area contributed by atoms with Crippen LogP contribution in [-0.2, 0) is 6.42 Å². The van der Waals surface area contributed by atoms with Gasteiger partial charge in [-0.3, -0.25) is 11.3 Å². The zero-order valence-electron chi connectivity index (χ0n) is 10.6. The summed E-state index contributed by atoms with van der Waals surface area (Å²) in [6.45, 7) is 0. The molecular formula is C14H21BrN2S. The van der Waals surface area contributed by atoms with Crippen LogP contribution in [0.5, 0.6) is 0 Å². The van der Waals surface area contributed by atoms with E-state index in [0.29, 0.717) is 6.04 Å². The number of hydrazine groups is 1. The number of thioether (sulfide) groups is 1. The van der Waals surface area contributed by atoms with Crippen molar-refractivity contribution in [3.63, 3.8) is 0 Å². The van der Waals surface area contributed by atoms with E-state index >= 15 is 0 Å². The van der Waals surface area contributed by atoms with Crippen LogP contribution in [0, 0.1) is 0 Å². The van der Waals surface area contributed by atoms with Crippen molar-refractivity contribution in [1.29, 1.82) is 0 Å². The molecule has 3 N–H and O–H groups in total. The van der Waals surface area contributed by atoms with Gasteiger partial charge in [0, 0.05) is 21.5 Å². The van der Waals surface area contributed by atoms with Crippen molar-refractivity contribution in [2.24, 2.45) is 5.84 Å². The molecule has 1 aliphatic carbocycles. The fraction of sp³-hybridized carbons (Fsp3) is 0.571. The van der Waals surface area contributed by atoms with E-state index in [1.54, 1.807) is 0 Å². The number of halogens is 1. The normalized spacial score (nSPS) is 18.1. The SMILES string of the molecule is NNC(CSC1CCCC1)Cc1ccccc1Br. The van der Waals surface area contributed by atoms with Crippen molar-refractivity contribution in [2.75, 3.05) is 5.75 Å². The summed E-state index contributed by atoms with van der Waals surface area (Å²) in [7, 11) is 0. The van der Waals surface area contributed by atoms with E-state index in [-0.39, 0.29) is 0 Å².